The zero-order chi connectivity index (χ0) is 20.9. The number of piperazine rings is 1. The Labute approximate surface area is 170 Å². The van der Waals surface area contributed by atoms with E-state index in [1.165, 1.54) is 19.2 Å². The SMILES string of the molecule is COC[C@H](C)NS(=O)(=O)c1ccc(C(=O)N2CCN(c3ncccn3)CC2)cc1. The van der Waals surface area contributed by atoms with Crippen molar-refractivity contribution in [2.24, 2.45) is 0 Å². The molecule has 0 unspecified atom stereocenters. The van der Waals surface area contributed by atoms with Gasteiger partial charge >= 0.3 is 0 Å². The lowest BCUT2D eigenvalue weighted by Gasteiger charge is -2.34. The Kier molecular flexibility index (Phi) is 6.78. The average Bonchev–Trinajstić information content (AvgIpc) is 2.74. The topological polar surface area (TPSA) is 105 Å². The van der Waals surface area contributed by atoms with E-state index in [0.29, 0.717) is 37.7 Å². The summed E-state index contributed by atoms with van der Waals surface area (Å²) >= 11 is 0. The molecule has 1 saturated heterocycles. The predicted octanol–water partition coefficient (Wildman–Crippen LogP) is 0.752. The lowest BCUT2D eigenvalue weighted by atomic mass is 10.2. The van der Waals surface area contributed by atoms with E-state index in [2.05, 4.69) is 14.7 Å². The maximum atomic E-state index is 12.8. The van der Waals surface area contributed by atoms with Crippen LogP contribution in [0, 0.1) is 0 Å². The van der Waals surface area contributed by atoms with Gasteiger partial charge in [0.1, 0.15) is 0 Å². The smallest absolute Gasteiger partial charge is 0.253 e. The van der Waals surface area contributed by atoms with Crippen LogP contribution >= 0.6 is 0 Å². The number of ether oxygens (including phenoxy) is 1. The number of hydrogen-bond acceptors (Lipinski definition) is 7. The fourth-order valence-electron chi connectivity index (χ4n) is 3.14. The number of carbonyl (C=O) groups excluding carboxylic acids is 1. The fraction of sp³-hybridized carbons (Fsp3) is 0.421. The van der Waals surface area contributed by atoms with E-state index >= 15 is 0 Å². The van der Waals surface area contributed by atoms with Gasteiger partial charge in [0.15, 0.2) is 0 Å². The normalized spacial score (nSPS) is 15.9. The number of methoxy groups -OCH3 is 1. The quantitative estimate of drug-likeness (QED) is 0.706. The first-order valence-corrected chi connectivity index (χ1v) is 10.8. The zero-order valence-electron chi connectivity index (χ0n) is 16.5. The third-order valence-corrected chi connectivity index (χ3v) is 6.19. The third kappa shape index (κ3) is 5.28. The maximum Gasteiger partial charge on any atom is 0.253 e. The average molecular weight is 420 g/mol. The van der Waals surface area contributed by atoms with E-state index in [1.807, 2.05) is 4.90 Å². The van der Waals surface area contributed by atoms with Crippen molar-refractivity contribution in [3.63, 3.8) is 0 Å². The van der Waals surface area contributed by atoms with Gasteiger partial charge in [-0.3, -0.25) is 4.79 Å². The Hall–Kier alpha value is -2.56. The van der Waals surface area contributed by atoms with Gasteiger partial charge in [-0.1, -0.05) is 0 Å². The van der Waals surface area contributed by atoms with Crippen LogP contribution < -0.4 is 9.62 Å². The first-order chi connectivity index (χ1) is 13.9. The molecule has 1 atom stereocenters. The molecule has 2 aromatic rings. The zero-order valence-corrected chi connectivity index (χ0v) is 17.3. The van der Waals surface area contributed by atoms with Crippen molar-refractivity contribution < 1.29 is 17.9 Å². The summed E-state index contributed by atoms with van der Waals surface area (Å²) in [7, 11) is -2.15. The number of carbonyl (C=O) groups is 1. The van der Waals surface area contributed by atoms with Crippen LogP contribution in [0.5, 0.6) is 0 Å². The van der Waals surface area contributed by atoms with Crippen LogP contribution in [0.25, 0.3) is 0 Å². The van der Waals surface area contributed by atoms with Crippen LogP contribution in [-0.2, 0) is 14.8 Å². The summed E-state index contributed by atoms with van der Waals surface area (Å²) in [5, 5.41) is 0. The van der Waals surface area contributed by atoms with Crippen LogP contribution in [-0.4, -0.2) is 75.1 Å². The number of aromatic nitrogens is 2. The van der Waals surface area contributed by atoms with Gasteiger partial charge < -0.3 is 14.5 Å². The van der Waals surface area contributed by atoms with Crippen LogP contribution in [0.4, 0.5) is 5.95 Å². The second kappa shape index (κ2) is 9.29. The van der Waals surface area contributed by atoms with Crippen molar-refractivity contribution in [1.82, 2.24) is 19.6 Å². The highest BCUT2D eigenvalue weighted by Crippen LogP contribution is 2.15. The summed E-state index contributed by atoms with van der Waals surface area (Å²) in [6.45, 7) is 4.38. The van der Waals surface area contributed by atoms with Gasteiger partial charge in [-0.25, -0.2) is 23.1 Å². The molecule has 1 aliphatic rings. The largest absolute Gasteiger partial charge is 0.383 e. The Morgan fingerprint density at radius 2 is 1.76 bits per heavy atom. The Balaban J connectivity index is 1.61. The minimum atomic E-state index is -3.66. The fourth-order valence-corrected chi connectivity index (χ4v) is 4.37. The van der Waals surface area contributed by atoms with Crippen LogP contribution in [0.15, 0.2) is 47.6 Å². The van der Waals surface area contributed by atoms with E-state index in [9.17, 15) is 13.2 Å². The minimum Gasteiger partial charge on any atom is -0.383 e. The molecule has 2 heterocycles. The van der Waals surface area contributed by atoms with Crippen molar-refractivity contribution >= 4 is 21.9 Å². The van der Waals surface area contributed by atoms with Gasteiger partial charge in [-0.05, 0) is 37.3 Å². The first kappa shape index (κ1) is 21.2. The van der Waals surface area contributed by atoms with Crippen molar-refractivity contribution in [3.05, 3.63) is 48.3 Å². The molecule has 1 aliphatic heterocycles. The second-order valence-electron chi connectivity index (χ2n) is 6.83. The molecule has 1 fully saturated rings. The third-order valence-electron chi connectivity index (χ3n) is 4.59. The highest BCUT2D eigenvalue weighted by Gasteiger charge is 2.24. The number of benzene rings is 1. The number of amides is 1. The molecule has 0 radical (unpaired) electrons. The van der Waals surface area contributed by atoms with Gasteiger partial charge in [0.25, 0.3) is 5.91 Å². The van der Waals surface area contributed by atoms with E-state index in [0.717, 1.165) is 0 Å². The van der Waals surface area contributed by atoms with Crippen molar-refractivity contribution in [2.75, 3.05) is 44.8 Å². The molecular formula is C19H25N5O4S. The number of hydrogen-bond donors (Lipinski definition) is 1. The number of nitrogens with zero attached hydrogens (tertiary/aromatic N) is 4. The van der Waals surface area contributed by atoms with Crippen molar-refractivity contribution in [3.8, 4) is 0 Å². The van der Waals surface area contributed by atoms with Gasteiger partial charge in [0.05, 0.1) is 11.5 Å². The Morgan fingerprint density at radius 1 is 1.14 bits per heavy atom. The van der Waals surface area contributed by atoms with Crippen molar-refractivity contribution in [2.45, 2.75) is 17.9 Å². The van der Waals surface area contributed by atoms with Gasteiger partial charge in [0, 0.05) is 57.3 Å². The summed E-state index contributed by atoms with van der Waals surface area (Å²) in [5.74, 6) is 0.535. The molecule has 1 aromatic carbocycles. The highest BCUT2D eigenvalue weighted by molar-refractivity contribution is 7.89. The molecule has 0 spiro atoms. The van der Waals surface area contributed by atoms with E-state index in [1.54, 1.807) is 42.4 Å². The number of sulfonamides is 1. The summed E-state index contributed by atoms with van der Waals surface area (Å²) < 4.78 is 32.3. The number of anilines is 1. The summed E-state index contributed by atoms with van der Waals surface area (Å²) in [6.07, 6.45) is 3.39. The summed E-state index contributed by atoms with van der Waals surface area (Å²) in [4.78, 5) is 25.1. The first-order valence-electron chi connectivity index (χ1n) is 9.33. The number of rotatable bonds is 7. The Morgan fingerprint density at radius 3 is 2.34 bits per heavy atom. The second-order valence-corrected chi connectivity index (χ2v) is 8.54. The number of nitrogens with one attached hydrogen (secondary N) is 1. The van der Waals surface area contributed by atoms with Crippen LogP contribution in [0.2, 0.25) is 0 Å². The van der Waals surface area contributed by atoms with E-state index in [-0.39, 0.29) is 23.5 Å². The molecule has 1 amide bonds. The lowest BCUT2D eigenvalue weighted by Crippen LogP contribution is -2.49. The maximum absolute atomic E-state index is 12.8. The Bertz CT molecular complexity index is 913. The molecule has 10 heteroatoms. The molecular weight excluding hydrogens is 394 g/mol. The summed E-state index contributed by atoms with van der Waals surface area (Å²) in [5.41, 5.74) is 0.457. The molecule has 156 valence electrons. The van der Waals surface area contributed by atoms with Crippen molar-refractivity contribution in [1.29, 1.82) is 0 Å². The molecule has 0 bridgehead atoms. The molecule has 1 aromatic heterocycles. The van der Waals surface area contributed by atoms with Gasteiger partial charge in [-0.2, -0.15) is 0 Å². The molecule has 9 nitrogen and oxygen atoms in total. The van der Waals surface area contributed by atoms with Crippen LogP contribution in [0.3, 0.4) is 0 Å². The molecule has 0 saturated carbocycles. The highest BCUT2D eigenvalue weighted by atomic mass is 32.2. The monoisotopic (exact) mass is 419 g/mol. The van der Waals surface area contributed by atoms with Crippen LogP contribution in [0.1, 0.15) is 17.3 Å². The van der Waals surface area contributed by atoms with E-state index < -0.39 is 10.0 Å². The molecule has 3 rings (SSSR count). The summed E-state index contributed by atoms with van der Waals surface area (Å²) in [6, 6.07) is 7.40. The van der Waals surface area contributed by atoms with Gasteiger partial charge in [-0.15, -0.1) is 0 Å². The molecule has 0 aliphatic carbocycles. The molecule has 29 heavy (non-hydrogen) atoms. The minimum absolute atomic E-state index is 0.114. The lowest BCUT2D eigenvalue weighted by molar-refractivity contribution is 0.0746. The van der Waals surface area contributed by atoms with E-state index in [4.69, 9.17) is 4.74 Å². The predicted molar refractivity (Wildman–Crippen MR) is 108 cm³/mol. The standard InChI is InChI=1S/C19H25N5O4S/c1-15(14-28-2)22-29(26,27)17-6-4-16(5-7-17)18(25)23-10-12-24(13-11-23)19-20-8-3-9-21-19/h3-9,15,22H,10-14H2,1-2H3/t15-/m0/s1. The van der Waals surface area contributed by atoms with Gasteiger partial charge in [0.2, 0.25) is 16.0 Å². The molecule has 1 N–H and O–H groups in total.